The Morgan fingerprint density at radius 3 is 1.88 bits per heavy atom. The zero-order valence-electron chi connectivity index (χ0n) is 22.8. The molecule has 1 saturated heterocycles. The third-order valence-corrected chi connectivity index (χ3v) is 6.51. The zero-order valence-corrected chi connectivity index (χ0v) is 23.6. The van der Waals surface area contributed by atoms with E-state index in [4.69, 9.17) is 35.3 Å². The zero-order chi connectivity index (χ0) is 29.6. The van der Waals surface area contributed by atoms with Crippen LogP contribution in [0.4, 0.5) is 0 Å². The van der Waals surface area contributed by atoms with Crippen molar-refractivity contribution in [3.8, 4) is 0 Å². The van der Waals surface area contributed by atoms with E-state index < -0.39 is 54.4 Å². The van der Waals surface area contributed by atoms with Gasteiger partial charge < -0.3 is 23.7 Å². The number of carbonyl (C=O) groups excluding carboxylic acids is 5. The molecule has 0 aliphatic carbocycles. The van der Waals surface area contributed by atoms with Crippen molar-refractivity contribution in [1.82, 2.24) is 0 Å². The minimum Gasteiger partial charge on any atom is -0.463 e. The third kappa shape index (κ3) is 8.12. The lowest BCUT2D eigenvalue weighted by molar-refractivity contribution is -0.254. The van der Waals surface area contributed by atoms with Crippen LogP contribution >= 0.6 is 11.6 Å². The lowest BCUT2D eigenvalue weighted by Crippen LogP contribution is -2.59. The maximum Gasteiger partial charge on any atom is 0.303 e. The molecule has 1 fully saturated rings. The number of Topliss-reactive ketones (excluding diaryl/α,β-unsaturated/α-hetero) is 1. The van der Waals surface area contributed by atoms with Crippen LogP contribution in [-0.4, -0.2) is 60.7 Å². The van der Waals surface area contributed by atoms with Gasteiger partial charge in [0.25, 0.3) is 0 Å². The Balaban J connectivity index is 2.05. The molecular weight excluding hydrogens is 544 g/mol. The summed E-state index contributed by atoms with van der Waals surface area (Å²) in [5, 5.41) is 0.463. The van der Waals surface area contributed by atoms with E-state index in [-0.39, 0.29) is 12.4 Å². The van der Waals surface area contributed by atoms with Crippen LogP contribution < -0.4 is 0 Å². The summed E-state index contributed by atoms with van der Waals surface area (Å²) < 4.78 is 27.9. The highest BCUT2D eigenvalue weighted by Gasteiger charge is 2.52. The van der Waals surface area contributed by atoms with E-state index in [0.29, 0.717) is 28.1 Å². The summed E-state index contributed by atoms with van der Waals surface area (Å²) in [5.74, 6) is -2.75. The lowest BCUT2D eigenvalue weighted by atomic mass is 9.89. The van der Waals surface area contributed by atoms with Crippen LogP contribution in [-0.2, 0) is 49.3 Å². The number of benzene rings is 2. The van der Waals surface area contributed by atoms with Crippen LogP contribution in [0.25, 0.3) is 0 Å². The molecule has 0 saturated carbocycles. The number of hydrogen-bond acceptors (Lipinski definition) is 10. The van der Waals surface area contributed by atoms with Crippen molar-refractivity contribution >= 4 is 41.3 Å². The summed E-state index contributed by atoms with van der Waals surface area (Å²) in [6.07, 6.45) is -5.40. The lowest BCUT2D eigenvalue weighted by Gasteiger charge is -2.44. The van der Waals surface area contributed by atoms with Crippen molar-refractivity contribution in [3.63, 3.8) is 0 Å². The van der Waals surface area contributed by atoms with Crippen LogP contribution in [0.1, 0.15) is 67.8 Å². The molecule has 0 radical (unpaired) electrons. The van der Waals surface area contributed by atoms with Gasteiger partial charge in [0.1, 0.15) is 18.8 Å². The van der Waals surface area contributed by atoms with Crippen molar-refractivity contribution in [2.24, 2.45) is 0 Å². The number of halogens is 1. The van der Waals surface area contributed by atoms with Gasteiger partial charge in [0.05, 0.1) is 0 Å². The predicted octanol–water partition coefficient (Wildman–Crippen LogP) is 3.93. The second-order valence-electron chi connectivity index (χ2n) is 9.40. The fourth-order valence-corrected chi connectivity index (χ4v) is 4.67. The average Bonchev–Trinajstić information content (AvgIpc) is 2.86. The number of ketones is 1. The van der Waals surface area contributed by atoms with Crippen molar-refractivity contribution in [3.05, 3.63) is 69.7 Å². The van der Waals surface area contributed by atoms with E-state index in [9.17, 15) is 24.0 Å². The highest BCUT2D eigenvalue weighted by Crippen LogP contribution is 2.39. The van der Waals surface area contributed by atoms with E-state index in [1.807, 2.05) is 12.1 Å². The number of esters is 4. The molecule has 10 nitrogen and oxygen atoms in total. The molecule has 0 spiro atoms. The Morgan fingerprint density at radius 2 is 1.32 bits per heavy atom. The molecule has 2 aromatic rings. The molecule has 5 atom stereocenters. The number of rotatable bonds is 9. The Bertz CT molecular complexity index is 1270. The van der Waals surface area contributed by atoms with Crippen LogP contribution in [0.3, 0.4) is 0 Å². The minimum atomic E-state index is -1.28. The predicted molar refractivity (Wildman–Crippen MR) is 142 cm³/mol. The topological polar surface area (TPSA) is 132 Å². The quantitative estimate of drug-likeness (QED) is 0.246. The molecule has 0 N–H and O–H groups in total. The second-order valence-corrected chi connectivity index (χ2v) is 9.81. The van der Waals surface area contributed by atoms with Crippen LogP contribution in [0.15, 0.2) is 42.5 Å². The Labute approximate surface area is 236 Å². The maximum absolute atomic E-state index is 12.1. The molecule has 40 heavy (non-hydrogen) atoms. The van der Waals surface area contributed by atoms with E-state index in [1.54, 1.807) is 30.3 Å². The van der Waals surface area contributed by atoms with E-state index in [1.165, 1.54) is 27.7 Å². The monoisotopic (exact) mass is 574 g/mol. The molecule has 3 unspecified atom stereocenters. The number of ether oxygens (including phenoxy) is 5. The van der Waals surface area contributed by atoms with Gasteiger partial charge in [-0.25, -0.2) is 0 Å². The minimum absolute atomic E-state index is 0.0461. The first-order valence-corrected chi connectivity index (χ1v) is 12.9. The number of carbonyl (C=O) groups is 5. The van der Waals surface area contributed by atoms with Crippen LogP contribution in [0.5, 0.6) is 0 Å². The van der Waals surface area contributed by atoms with Crippen molar-refractivity contribution in [2.75, 3.05) is 6.61 Å². The van der Waals surface area contributed by atoms with Crippen molar-refractivity contribution < 1.29 is 47.7 Å². The summed E-state index contributed by atoms with van der Waals surface area (Å²) in [6.45, 7) is 5.89. The van der Waals surface area contributed by atoms with E-state index in [0.717, 1.165) is 12.5 Å². The Kier molecular flexibility index (Phi) is 10.4. The molecule has 0 aromatic heterocycles. The highest BCUT2D eigenvalue weighted by molar-refractivity contribution is 6.31. The third-order valence-electron chi connectivity index (χ3n) is 6.14. The molecule has 3 rings (SSSR count). The van der Waals surface area contributed by atoms with Gasteiger partial charge in [-0.2, -0.15) is 0 Å². The molecule has 11 heteroatoms. The SMILES string of the molecule is CC(=O)OCC1O[C@@H](c2ccc(Cl)c(Cc3ccc(C(C)=O)cc3)c2)[C@H](OC(C)=O)C(OC(C)=O)C1OC(C)=O. The molecule has 1 aliphatic rings. The summed E-state index contributed by atoms with van der Waals surface area (Å²) in [4.78, 5) is 59.4. The molecule has 1 aliphatic heterocycles. The fraction of sp³-hybridized carbons (Fsp3) is 0.414. The van der Waals surface area contributed by atoms with Gasteiger partial charge in [-0.15, -0.1) is 0 Å². The standard InChI is InChI=1S/C29H31ClO10/c1-15(31)21-8-6-20(7-9-21)12-23-13-22(10-11-24(23)30)26-28(38-18(4)34)29(39-19(5)35)27(37-17(3)33)25(40-26)14-36-16(2)32/h6-11,13,25-29H,12,14H2,1-5H3/t25?,26-,27?,28-,29?/m0/s1. The number of hydrogen-bond donors (Lipinski definition) is 0. The molecule has 2 aromatic carbocycles. The normalized spacial score (nSPS) is 22.1. The molecule has 214 valence electrons. The molecular formula is C29H31ClO10. The Hall–Kier alpha value is -3.76. The van der Waals surface area contributed by atoms with Gasteiger partial charge in [-0.3, -0.25) is 24.0 Å². The summed E-state index contributed by atoms with van der Waals surface area (Å²) >= 11 is 6.51. The first-order valence-electron chi connectivity index (χ1n) is 12.5. The molecule has 0 amide bonds. The first-order chi connectivity index (χ1) is 18.8. The molecule has 1 heterocycles. The van der Waals surface area contributed by atoms with E-state index in [2.05, 4.69) is 0 Å². The summed E-state index contributed by atoms with van der Waals surface area (Å²) in [6, 6.07) is 12.2. The highest BCUT2D eigenvalue weighted by atomic mass is 35.5. The van der Waals surface area contributed by atoms with Gasteiger partial charge in [0, 0.05) is 38.3 Å². The maximum atomic E-state index is 12.1. The van der Waals surface area contributed by atoms with E-state index >= 15 is 0 Å². The summed E-state index contributed by atoms with van der Waals surface area (Å²) in [5.41, 5.74) is 2.71. The van der Waals surface area contributed by atoms with Crippen LogP contribution in [0.2, 0.25) is 5.02 Å². The average molecular weight is 575 g/mol. The smallest absolute Gasteiger partial charge is 0.303 e. The Morgan fingerprint density at radius 1 is 0.750 bits per heavy atom. The van der Waals surface area contributed by atoms with Gasteiger partial charge in [-0.1, -0.05) is 48.0 Å². The second kappa shape index (κ2) is 13.5. The van der Waals surface area contributed by atoms with Crippen LogP contribution in [0, 0.1) is 0 Å². The summed E-state index contributed by atoms with van der Waals surface area (Å²) in [7, 11) is 0. The van der Waals surface area contributed by atoms with Gasteiger partial charge in [0.15, 0.2) is 24.1 Å². The van der Waals surface area contributed by atoms with Crippen molar-refractivity contribution in [1.29, 1.82) is 0 Å². The van der Waals surface area contributed by atoms with Gasteiger partial charge in [-0.05, 0) is 36.1 Å². The fourth-order valence-electron chi connectivity index (χ4n) is 4.48. The largest absolute Gasteiger partial charge is 0.463 e. The van der Waals surface area contributed by atoms with Gasteiger partial charge >= 0.3 is 23.9 Å². The first kappa shape index (κ1) is 30.8. The van der Waals surface area contributed by atoms with Crippen molar-refractivity contribution in [2.45, 2.75) is 71.6 Å². The van der Waals surface area contributed by atoms with Gasteiger partial charge in [0.2, 0.25) is 0 Å². The molecule has 0 bridgehead atoms.